The Kier molecular flexibility index (Phi) is 5.77. The molecule has 0 aromatic heterocycles. The van der Waals surface area contributed by atoms with Crippen LogP contribution in [-0.2, 0) is 4.79 Å². The molecule has 1 saturated heterocycles. The lowest BCUT2D eigenvalue weighted by Gasteiger charge is -2.33. The standard InChI is InChI=1S/C12H24N2O2/c1-11(2)4-3-5-13-6-8-14(9-7-13)10-12(15)16/h11H,3-10H2,1-2H3,(H,15,16). The summed E-state index contributed by atoms with van der Waals surface area (Å²) in [5, 5.41) is 8.68. The van der Waals surface area contributed by atoms with E-state index in [9.17, 15) is 4.79 Å². The Balaban J connectivity index is 2.10. The van der Waals surface area contributed by atoms with Crippen molar-refractivity contribution in [2.24, 2.45) is 5.92 Å². The second-order valence-electron chi connectivity index (χ2n) is 5.05. The van der Waals surface area contributed by atoms with E-state index in [0.717, 1.165) is 32.1 Å². The van der Waals surface area contributed by atoms with Crippen molar-refractivity contribution in [3.63, 3.8) is 0 Å². The molecule has 0 unspecified atom stereocenters. The van der Waals surface area contributed by atoms with Gasteiger partial charge in [-0.2, -0.15) is 0 Å². The number of carboxylic acids is 1. The molecule has 0 aromatic rings. The minimum atomic E-state index is -0.715. The smallest absolute Gasteiger partial charge is 0.317 e. The maximum atomic E-state index is 10.5. The van der Waals surface area contributed by atoms with Gasteiger partial charge in [-0.1, -0.05) is 13.8 Å². The molecule has 1 aliphatic heterocycles. The molecule has 94 valence electrons. The summed E-state index contributed by atoms with van der Waals surface area (Å²) < 4.78 is 0. The second kappa shape index (κ2) is 6.86. The van der Waals surface area contributed by atoms with E-state index in [4.69, 9.17) is 5.11 Å². The number of rotatable bonds is 6. The van der Waals surface area contributed by atoms with Gasteiger partial charge in [-0.05, 0) is 25.3 Å². The highest BCUT2D eigenvalue weighted by Crippen LogP contribution is 2.07. The third-order valence-corrected chi connectivity index (χ3v) is 3.08. The van der Waals surface area contributed by atoms with E-state index in [0.29, 0.717) is 0 Å². The molecule has 1 rings (SSSR count). The minimum Gasteiger partial charge on any atom is -0.480 e. The lowest BCUT2D eigenvalue weighted by molar-refractivity contribution is -0.138. The fourth-order valence-corrected chi connectivity index (χ4v) is 2.09. The van der Waals surface area contributed by atoms with Crippen molar-refractivity contribution < 1.29 is 9.90 Å². The zero-order chi connectivity index (χ0) is 12.0. The molecule has 16 heavy (non-hydrogen) atoms. The predicted molar refractivity (Wildman–Crippen MR) is 64.6 cm³/mol. The third-order valence-electron chi connectivity index (χ3n) is 3.08. The van der Waals surface area contributed by atoms with Crippen LogP contribution in [0.15, 0.2) is 0 Å². The first-order chi connectivity index (χ1) is 7.58. The van der Waals surface area contributed by atoms with Gasteiger partial charge in [0.1, 0.15) is 0 Å². The van der Waals surface area contributed by atoms with Gasteiger partial charge in [0.25, 0.3) is 0 Å². The lowest BCUT2D eigenvalue weighted by atomic mass is 10.1. The van der Waals surface area contributed by atoms with Crippen molar-refractivity contribution in [2.45, 2.75) is 26.7 Å². The number of hydrogen-bond acceptors (Lipinski definition) is 3. The van der Waals surface area contributed by atoms with Crippen molar-refractivity contribution in [2.75, 3.05) is 39.3 Å². The molecule has 1 fully saturated rings. The van der Waals surface area contributed by atoms with Crippen LogP contribution in [0.5, 0.6) is 0 Å². The van der Waals surface area contributed by atoms with Crippen LogP contribution in [0.3, 0.4) is 0 Å². The van der Waals surface area contributed by atoms with E-state index in [-0.39, 0.29) is 6.54 Å². The average Bonchev–Trinajstić information content (AvgIpc) is 2.19. The normalized spacial score (nSPS) is 19.2. The summed E-state index contributed by atoms with van der Waals surface area (Å²) >= 11 is 0. The minimum absolute atomic E-state index is 0.194. The number of aliphatic carboxylic acids is 1. The van der Waals surface area contributed by atoms with E-state index >= 15 is 0 Å². The van der Waals surface area contributed by atoms with Gasteiger partial charge in [0.15, 0.2) is 0 Å². The first kappa shape index (κ1) is 13.5. The average molecular weight is 228 g/mol. The number of nitrogens with zero attached hydrogens (tertiary/aromatic N) is 2. The van der Waals surface area contributed by atoms with Gasteiger partial charge in [-0.15, -0.1) is 0 Å². The maximum Gasteiger partial charge on any atom is 0.317 e. The SMILES string of the molecule is CC(C)CCCN1CCN(CC(=O)O)CC1. The molecule has 0 radical (unpaired) electrons. The van der Waals surface area contributed by atoms with E-state index in [1.54, 1.807) is 0 Å². The first-order valence-electron chi connectivity index (χ1n) is 6.24. The summed E-state index contributed by atoms with van der Waals surface area (Å²) in [6.45, 7) is 9.70. The molecular weight excluding hydrogens is 204 g/mol. The Morgan fingerprint density at radius 2 is 1.75 bits per heavy atom. The van der Waals surface area contributed by atoms with Crippen LogP contribution in [0.1, 0.15) is 26.7 Å². The topological polar surface area (TPSA) is 43.8 Å². The Morgan fingerprint density at radius 3 is 2.25 bits per heavy atom. The summed E-state index contributed by atoms with van der Waals surface area (Å²) in [6.07, 6.45) is 2.55. The number of piperazine rings is 1. The molecular formula is C12H24N2O2. The van der Waals surface area contributed by atoms with Gasteiger partial charge in [0.05, 0.1) is 6.54 Å². The van der Waals surface area contributed by atoms with Gasteiger partial charge in [0, 0.05) is 26.2 Å². The van der Waals surface area contributed by atoms with Crippen LogP contribution in [-0.4, -0.2) is 60.1 Å². The van der Waals surface area contributed by atoms with Gasteiger partial charge in [-0.3, -0.25) is 9.69 Å². The Hall–Kier alpha value is -0.610. The van der Waals surface area contributed by atoms with Crippen molar-refractivity contribution in [1.29, 1.82) is 0 Å². The number of carboxylic acid groups (broad SMARTS) is 1. The van der Waals surface area contributed by atoms with Gasteiger partial charge >= 0.3 is 5.97 Å². The fourth-order valence-electron chi connectivity index (χ4n) is 2.09. The van der Waals surface area contributed by atoms with Crippen LogP contribution in [0.4, 0.5) is 0 Å². The van der Waals surface area contributed by atoms with Gasteiger partial charge < -0.3 is 10.0 Å². The van der Waals surface area contributed by atoms with Crippen molar-refractivity contribution in [1.82, 2.24) is 9.80 Å². The van der Waals surface area contributed by atoms with Crippen LogP contribution in [0.25, 0.3) is 0 Å². The summed E-state index contributed by atoms with van der Waals surface area (Å²) in [5.74, 6) is 0.0709. The summed E-state index contributed by atoms with van der Waals surface area (Å²) in [4.78, 5) is 15.0. The quantitative estimate of drug-likeness (QED) is 0.740. The highest BCUT2D eigenvalue weighted by atomic mass is 16.4. The van der Waals surface area contributed by atoms with Crippen molar-refractivity contribution in [3.05, 3.63) is 0 Å². The molecule has 0 atom stereocenters. The molecule has 0 aromatic carbocycles. The summed E-state index contributed by atoms with van der Waals surface area (Å²) in [5.41, 5.74) is 0. The Bertz CT molecular complexity index is 211. The molecule has 1 N–H and O–H groups in total. The lowest BCUT2D eigenvalue weighted by Crippen LogP contribution is -2.48. The molecule has 0 saturated carbocycles. The van der Waals surface area contributed by atoms with E-state index in [1.807, 2.05) is 4.90 Å². The van der Waals surface area contributed by atoms with E-state index in [1.165, 1.54) is 19.4 Å². The molecule has 0 amide bonds. The van der Waals surface area contributed by atoms with Crippen LogP contribution >= 0.6 is 0 Å². The third kappa shape index (κ3) is 5.47. The summed E-state index contributed by atoms with van der Waals surface area (Å²) in [6, 6.07) is 0. The van der Waals surface area contributed by atoms with Crippen LogP contribution in [0.2, 0.25) is 0 Å². The Labute approximate surface area is 98.2 Å². The molecule has 4 nitrogen and oxygen atoms in total. The van der Waals surface area contributed by atoms with Gasteiger partial charge in [0.2, 0.25) is 0 Å². The van der Waals surface area contributed by atoms with Crippen molar-refractivity contribution in [3.8, 4) is 0 Å². The van der Waals surface area contributed by atoms with E-state index in [2.05, 4.69) is 18.7 Å². The predicted octanol–water partition coefficient (Wildman–Crippen LogP) is 1.12. The summed E-state index contributed by atoms with van der Waals surface area (Å²) in [7, 11) is 0. The number of carbonyl (C=O) groups is 1. The highest BCUT2D eigenvalue weighted by Gasteiger charge is 2.17. The number of hydrogen-bond donors (Lipinski definition) is 1. The largest absolute Gasteiger partial charge is 0.480 e. The zero-order valence-corrected chi connectivity index (χ0v) is 10.5. The molecule has 1 aliphatic rings. The molecule has 4 heteroatoms. The highest BCUT2D eigenvalue weighted by molar-refractivity contribution is 5.69. The molecule has 0 spiro atoms. The van der Waals surface area contributed by atoms with Crippen molar-refractivity contribution >= 4 is 5.97 Å². The van der Waals surface area contributed by atoms with Gasteiger partial charge in [-0.25, -0.2) is 0 Å². The van der Waals surface area contributed by atoms with Crippen LogP contribution < -0.4 is 0 Å². The maximum absolute atomic E-state index is 10.5. The second-order valence-corrected chi connectivity index (χ2v) is 5.05. The van der Waals surface area contributed by atoms with Crippen LogP contribution in [0, 0.1) is 5.92 Å². The first-order valence-corrected chi connectivity index (χ1v) is 6.24. The molecule has 1 heterocycles. The molecule has 0 bridgehead atoms. The zero-order valence-electron chi connectivity index (χ0n) is 10.5. The monoisotopic (exact) mass is 228 g/mol. The fraction of sp³-hybridized carbons (Fsp3) is 0.917. The Morgan fingerprint density at radius 1 is 1.19 bits per heavy atom. The molecule has 0 aliphatic carbocycles. The van der Waals surface area contributed by atoms with E-state index < -0.39 is 5.97 Å².